The van der Waals surface area contributed by atoms with Crippen LogP contribution >= 0.6 is 0 Å². The minimum absolute atomic E-state index is 0.0465. The van der Waals surface area contributed by atoms with Crippen LogP contribution in [0.15, 0.2) is 73.4 Å². The molecule has 0 heteroatoms. The highest BCUT2D eigenvalue weighted by Gasteiger charge is 2.41. The zero-order valence-corrected chi connectivity index (χ0v) is 16.9. The highest BCUT2D eigenvalue weighted by Crippen LogP contribution is 2.56. The lowest BCUT2D eigenvalue weighted by atomic mass is 9.68. The Bertz CT molecular complexity index is 960. The molecule has 0 fully saturated rings. The highest BCUT2D eigenvalue weighted by molar-refractivity contribution is 5.83. The molecule has 0 aliphatic heterocycles. The molecular weight excluding hydrogens is 324 g/mol. The Morgan fingerprint density at radius 1 is 0.889 bits per heavy atom. The smallest absolute Gasteiger partial charge is 0.0191 e. The molecule has 0 aromatic heterocycles. The number of fused-ring (bicyclic) bond motifs is 3. The average molecular weight is 353 g/mol. The van der Waals surface area contributed by atoms with E-state index in [9.17, 15) is 0 Å². The zero-order chi connectivity index (χ0) is 19.3. The van der Waals surface area contributed by atoms with Gasteiger partial charge in [-0.15, -0.1) is 0 Å². The van der Waals surface area contributed by atoms with E-state index in [1.165, 1.54) is 39.0 Å². The van der Waals surface area contributed by atoms with E-state index in [-0.39, 0.29) is 5.41 Å². The summed E-state index contributed by atoms with van der Waals surface area (Å²) in [5.41, 5.74) is 11.9. The number of hydrogen-bond donors (Lipinski definition) is 0. The van der Waals surface area contributed by atoms with Gasteiger partial charge >= 0.3 is 0 Å². The lowest BCUT2D eigenvalue weighted by Crippen LogP contribution is -2.24. The molecule has 2 aromatic rings. The fourth-order valence-electron chi connectivity index (χ4n) is 4.68. The summed E-state index contributed by atoms with van der Waals surface area (Å²) < 4.78 is 0. The molecule has 0 atom stereocenters. The van der Waals surface area contributed by atoms with Crippen LogP contribution in [-0.2, 0) is 0 Å². The van der Waals surface area contributed by atoms with Crippen molar-refractivity contribution in [2.24, 2.45) is 5.41 Å². The van der Waals surface area contributed by atoms with Crippen molar-refractivity contribution in [1.82, 2.24) is 0 Å². The zero-order valence-electron chi connectivity index (χ0n) is 16.9. The molecule has 0 saturated heterocycles. The van der Waals surface area contributed by atoms with Gasteiger partial charge in [-0.1, -0.05) is 98.4 Å². The van der Waals surface area contributed by atoms with Gasteiger partial charge in [0.2, 0.25) is 0 Å². The van der Waals surface area contributed by atoms with Gasteiger partial charge in [0, 0.05) is 5.92 Å². The van der Waals surface area contributed by atoms with Gasteiger partial charge in [0.15, 0.2) is 0 Å². The predicted octanol–water partition coefficient (Wildman–Crippen LogP) is 7.78. The molecule has 0 unspecified atom stereocenters. The molecular formula is C27H28. The maximum absolute atomic E-state index is 4.17. The Balaban J connectivity index is 1.96. The minimum Gasteiger partial charge on any atom is -0.0955 e. The van der Waals surface area contributed by atoms with Crippen molar-refractivity contribution in [2.45, 2.75) is 40.0 Å². The normalized spacial score (nSPS) is 15.5. The number of hydrogen-bond acceptors (Lipinski definition) is 0. The van der Waals surface area contributed by atoms with Crippen LogP contribution in [0.5, 0.6) is 0 Å². The summed E-state index contributed by atoms with van der Waals surface area (Å²) in [7, 11) is 0. The Morgan fingerprint density at radius 2 is 1.41 bits per heavy atom. The summed E-state index contributed by atoms with van der Waals surface area (Å²) in [5, 5.41) is 0. The van der Waals surface area contributed by atoms with E-state index in [0.29, 0.717) is 5.92 Å². The second-order valence-corrected chi connectivity index (χ2v) is 8.64. The largest absolute Gasteiger partial charge is 0.0955 e. The molecule has 0 radical (unpaired) electrons. The van der Waals surface area contributed by atoms with Crippen LogP contribution in [0, 0.1) is 5.41 Å². The fraction of sp³-hybridized carbons (Fsp3) is 0.259. The van der Waals surface area contributed by atoms with Crippen LogP contribution in [0.4, 0.5) is 0 Å². The number of allylic oxidation sites excluding steroid dienone is 6. The summed E-state index contributed by atoms with van der Waals surface area (Å²) in [4.78, 5) is 0. The van der Waals surface area contributed by atoms with Gasteiger partial charge < -0.3 is 0 Å². The standard InChI is InChI=1S/C27H28/c1-17(2)19-11-13-22-23-14-12-20(18(3)4)16-25(23)26(24(22)15-19)27(5,6)21-9-7-8-10-21/h7-9,11-16,26H,1,3,10H2,2,4-6H3. The van der Waals surface area contributed by atoms with Crippen molar-refractivity contribution in [1.29, 1.82) is 0 Å². The molecule has 0 spiro atoms. The molecule has 2 aromatic carbocycles. The molecule has 0 N–H and O–H groups in total. The van der Waals surface area contributed by atoms with Crippen LogP contribution in [0.3, 0.4) is 0 Å². The minimum atomic E-state index is 0.0465. The van der Waals surface area contributed by atoms with Gasteiger partial charge in [-0.3, -0.25) is 0 Å². The van der Waals surface area contributed by atoms with E-state index < -0.39 is 0 Å². The van der Waals surface area contributed by atoms with Crippen molar-refractivity contribution in [3.8, 4) is 11.1 Å². The third kappa shape index (κ3) is 2.75. The van der Waals surface area contributed by atoms with Crippen molar-refractivity contribution in [3.05, 3.63) is 95.6 Å². The molecule has 0 amide bonds. The summed E-state index contributed by atoms with van der Waals surface area (Å²) >= 11 is 0. The molecule has 2 aliphatic rings. The van der Waals surface area contributed by atoms with Gasteiger partial charge in [-0.2, -0.15) is 0 Å². The molecule has 0 nitrogen and oxygen atoms in total. The van der Waals surface area contributed by atoms with Gasteiger partial charge in [0.05, 0.1) is 0 Å². The topological polar surface area (TPSA) is 0 Å². The van der Waals surface area contributed by atoms with E-state index in [2.05, 4.69) is 95.5 Å². The number of benzene rings is 2. The van der Waals surface area contributed by atoms with Gasteiger partial charge in [0.1, 0.15) is 0 Å². The first-order valence-electron chi connectivity index (χ1n) is 9.77. The Morgan fingerprint density at radius 3 is 1.81 bits per heavy atom. The second-order valence-electron chi connectivity index (χ2n) is 8.64. The van der Waals surface area contributed by atoms with Crippen LogP contribution in [0.25, 0.3) is 22.3 Å². The van der Waals surface area contributed by atoms with Crippen LogP contribution in [-0.4, -0.2) is 0 Å². The predicted molar refractivity (Wildman–Crippen MR) is 119 cm³/mol. The Kier molecular flexibility index (Phi) is 4.11. The maximum atomic E-state index is 4.17. The van der Waals surface area contributed by atoms with Crippen LogP contribution in [0.1, 0.15) is 62.3 Å². The maximum Gasteiger partial charge on any atom is 0.0191 e. The highest BCUT2D eigenvalue weighted by atomic mass is 14.4. The molecule has 136 valence electrons. The SMILES string of the molecule is C=C(C)c1ccc2c(c1)C(C(C)(C)C1=CC=CC1)c1cc(C(=C)C)ccc1-2. The van der Waals surface area contributed by atoms with Crippen LogP contribution < -0.4 is 0 Å². The Labute approximate surface area is 163 Å². The fourth-order valence-corrected chi connectivity index (χ4v) is 4.68. The van der Waals surface area contributed by atoms with E-state index >= 15 is 0 Å². The molecule has 27 heavy (non-hydrogen) atoms. The van der Waals surface area contributed by atoms with E-state index in [0.717, 1.165) is 17.6 Å². The monoisotopic (exact) mass is 352 g/mol. The van der Waals surface area contributed by atoms with Crippen molar-refractivity contribution in [3.63, 3.8) is 0 Å². The third-order valence-electron chi connectivity index (χ3n) is 6.32. The first kappa shape index (κ1) is 17.8. The van der Waals surface area contributed by atoms with Crippen molar-refractivity contribution >= 4 is 11.1 Å². The van der Waals surface area contributed by atoms with Crippen LogP contribution in [0.2, 0.25) is 0 Å². The second kappa shape index (κ2) is 6.23. The lowest BCUT2D eigenvalue weighted by molar-refractivity contribution is 0.388. The van der Waals surface area contributed by atoms with Crippen molar-refractivity contribution < 1.29 is 0 Å². The molecule has 4 rings (SSSR count). The first-order valence-corrected chi connectivity index (χ1v) is 9.77. The van der Waals surface area contributed by atoms with E-state index in [1.54, 1.807) is 0 Å². The first-order chi connectivity index (χ1) is 12.8. The summed E-state index contributed by atoms with van der Waals surface area (Å²) in [5.74, 6) is 0.340. The van der Waals surface area contributed by atoms with E-state index in [4.69, 9.17) is 0 Å². The molecule has 0 heterocycles. The van der Waals surface area contributed by atoms with Gasteiger partial charge in [0.25, 0.3) is 0 Å². The molecule has 2 aliphatic carbocycles. The summed E-state index contributed by atoms with van der Waals surface area (Å²) in [6.07, 6.45) is 7.82. The molecule has 0 bridgehead atoms. The lowest BCUT2D eigenvalue weighted by Gasteiger charge is -2.35. The molecule has 0 saturated carbocycles. The number of rotatable bonds is 4. The third-order valence-corrected chi connectivity index (χ3v) is 6.32. The van der Waals surface area contributed by atoms with Gasteiger partial charge in [-0.05, 0) is 59.1 Å². The van der Waals surface area contributed by atoms with Gasteiger partial charge in [-0.25, -0.2) is 0 Å². The van der Waals surface area contributed by atoms with Crippen molar-refractivity contribution in [2.75, 3.05) is 0 Å². The van der Waals surface area contributed by atoms with E-state index in [1.807, 2.05) is 0 Å². The average Bonchev–Trinajstić information content (AvgIpc) is 3.27. The summed E-state index contributed by atoms with van der Waals surface area (Å²) in [6, 6.07) is 13.7. The Hall–Kier alpha value is -2.60. The summed E-state index contributed by atoms with van der Waals surface area (Å²) in [6.45, 7) is 17.3. The quantitative estimate of drug-likeness (QED) is 0.527.